The van der Waals surface area contributed by atoms with Crippen LogP contribution in [0, 0.1) is 11.7 Å². The summed E-state index contributed by atoms with van der Waals surface area (Å²) in [6, 6.07) is 8.06. The monoisotopic (exact) mass is 363 g/mol. The maximum atomic E-state index is 13.0. The topological polar surface area (TPSA) is 79.4 Å². The smallest absolute Gasteiger partial charge is 0.243 e. The number of carbonyl (C=O) groups excluding carboxylic acids is 1. The first-order valence-electron chi connectivity index (χ1n) is 7.93. The minimum absolute atomic E-state index is 0.0316. The first-order valence-corrected chi connectivity index (χ1v) is 9.37. The van der Waals surface area contributed by atoms with Crippen LogP contribution in [0.5, 0.6) is 0 Å². The van der Waals surface area contributed by atoms with Crippen LogP contribution in [0.1, 0.15) is 12.8 Å². The summed E-state index contributed by atoms with van der Waals surface area (Å²) >= 11 is 0. The van der Waals surface area contributed by atoms with Crippen LogP contribution in [0.2, 0.25) is 0 Å². The maximum absolute atomic E-state index is 13.0. The van der Waals surface area contributed by atoms with Crippen molar-refractivity contribution in [3.8, 4) is 0 Å². The van der Waals surface area contributed by atoms with E-state index in [0.29, 0.717) is 25.1 Å². The summed E-state index contributed by atoms with van der Waals surface area (Å²) in [5, 5.41) is 2.78. The number of pyridine rings is 1. The molecule has 8 heteroatoms. The van der Waals surface area contributed by atoms with Crippen molar-refractivity contribution in [3.63, 3.8) is 0 Å². The highest BCUT2D eigenvalue weighted by Crippen LogP contribution is 2.25. The largest absolute Gasteiger partial charge is 0.326 e. The molecule has 2 heterocycles. The predicted molar refractivity (Wildman–Crippen MR) is 90.7 cm³/mol. The highest BCUT2D eigenvalue weighted by molar-refractivity contribution is 7.89. The SMILES string of the molecule is O=C(Nc1ccncc1)[C@H]1CCCN(S(=O)(=O)c2ccc(F)cc2)C1. The molecule has 1 saturated heterocycles. The average molecular weight is 363 g/mol. The molecule has 0 aliphatic carbocycles. The third-order valence-corrected chi connectivity index (χ3v) is 6.03. The lowest BCUT2D eigenvalue weighted by molar-refractivity contribution is -0.120. The molecule has 3 rings (SSSR count). The number of aromatic nitrogens is 1. The minimum Gasteiger partial charge on any atom is -0.326 e. The van der Waals surface area contributed by atoms with Gasteiger partial charge in [0.2, 0.25) is 15.9 Å². The van der Waals surface area contributed by atoms with Crippen molar-refractivity contribution >= 4 is 21.6 Å². The number of amides is 1. The molecule has 0 spiro atoms. The Morgan fingerprint density at radius 1 is 1.16 bits per heavy atom. The Bertz CT molecular complexity index is 841. The molecule has 1 amide bonds. The fourth-order valence-electron chi connectivity index (χ4n) is 2.81. The number of carbonyl (C=O) groups is 1. The average Bonchev–Trinajstić information content (AvgIpc) is 2.63. The third-order valence-electron chi connectivity index (χ3n) is 4.15. The number of hydrogen-bond donors (Lipinski definition) is 1. The highest BCUT2D eigenvalue weighted by Gasteiger charge is 2.33. The lowest BCUT2D eigenvalue weighted by atomic mass is 9.99. The molecule has 0 radical (unpaired) electrons. The van der Waals surface area contributed by atoms with E-state index in [4.69, 9.17) is 0 Å². The molecule has 1 fully saturated rings. The molecule has 0 saturated carbocycles. The summed E-state index contributed by atoms with van der Waals surface area (Å²) in [5.74, 6) is -1.14. The summed E-state index contributed by atoms with van der Waals surface area (Å²) in [7, 11) is -3.74. The zero-order valence-corrected chi connectivity index (χ0v) is 14.2. The number of anilines is 1. The van der Waals surface area contributed by atoms with Crippen molar-refractivity contribution in [2.75, 3.05) is 18.4 Å². The van der Waals surface area contributed by atoms with Gasteiger partial charge in [0.05, 0.1) is 10.8 Å². The second-order valence-corrected chi connectivity index (χ2v) is 7.82. The van der Waals surface area contributed by atoms with Crippen LogP contribution < -0.4 is 5.32 Å². The molecule has 0 bridgehead atoms. The van der Waals surface area contributed by atoms with Gasteiger partial charge in [0.15, 0.2) is 0 Å². The van der Waals surface area contributed by atoms with Crippen LogP contribution >= 0.6 is 0 Å². The first-order chi connectivity index (χ1) is 12.0. The van der Waals surface area contributed by atoms with Crippen molar-refractivity contribution in [2.45, 2.75) is 17.7 Å². The van der Waals surface area contributed by atoms with E-state index in [1.165, 1.54) is 16.4 Å². The molecule has 2 aromatic rings. The molecule has 0 unspecified atom stereocenters. The minimum atomic E-state index is -3.74. The zero-order valence-electron chi connectivity index (χ0n) is 13.4. The third kappa shape index (κ3) is 4.02. The number of nitrogens with zero attached hydrogens (tertiary/aromatic N) is 2. The van der Waals surface area contributed by atoms with Gasteiger partial charge in [-0.15, -0.1) is 0 Å². The number of nitrogens with one attached hydrogen (secondary N) is 1. The van der Waals surface area contributed by atoms with Gasteiger partial charge in [-0.1, -0.05) is 0 Å². The van der Waals surface area contributed by atoms with Crippen LogP contribution in [0.25, 0.3) is 0 Å². The molecule has 1 aliphatic heterocycles. The normalized spacial score (nSPS) is 18.7. The summed E-state index contributed by atoms with van der Waals surface area (Å²) in [4.78, 5) is 16.3. The second-order valence-electron chi connectivity index (χ2n) is 5.88. The highest BCUT2D eigenvalue weighted by atomic mass is 32.2. The Morgan fingerprint density at radius 3 is 2.52 bits per heavy atom. The number of hydrogen-bond acceptors (Lipinski definition) is 4. The summed E-state index contributed by atoms with van der Waals surface area (Å²) in [6.45, 7) is 0.454. The van der Waals surface area contributed by atoms with Crippen LogP contribution in [-0.4, -0.2) is 36.7 Å². The molecule has 6 nitrogen and oxygen atoms in total. The number of piperidine rings is 1. The van der Waals surface area contributed by atoms with E-state index in [1.807, 2.05) is 0 Å². The van der Waals surface area contributed by atoms with Gasteiger partial charge in [0, 0.05) is 31.2 Å². The van der Waals surface area contributed by atoms with Gasteiger partial charge in [-0.25, -0.2) is 12.8 Å². The fraction of sp³-hybridized carbons (Fsp3) is 0.294. The molecule has 1 N–H and O–H groups in total. The molecule has 1 aliphatic rings. The second kappa shape index (κ2) is 7.28. The van der Waals surface area contributed by atoms with Crippen LogP contribution in [0.15, 0.2) is 53.7 Å². The van der Waals surface area contributed by atoms with Crippen molar-refractivity contribution in [1.29, 1.82) is 0 Å². The summed E-state index contributed by atoms with van der Waals surface area (Å²) in [5.41, 5.74) is 0.624. The lowest BCUT2D eigenvalue weighted by Gasteiger charge is -2.31. The van der Waals surface area contributed by atoms with E-state index < -0.39 is 21.8 Å². The molecule has 25 heavy (non-hydrogen) atoms. The number of rotatable bonds is 4. The quantitative estimate of drug-likeness (QED) is 0.904. The summed E-state index contributed by atoms with van der Waals surface area (Å²) in [6.07, 6.45) is 4.35. The molecular formula is C17H18FN3O3S. The molecular weight excluding hydrogens is 345 g/mol. The van der Waals surface area contributed by atoms with E-state index >= 15 is 0 Å². The van der Waals surface area contributed by atoms with Gasteiger partial charge in [-0.3, -0.25) is 9.78 Å². The number of sulfonamides is 1. The van der Waals surface area contributed by atoms with Crippen LogP contribution in [0.3, 0.4) is 0 Å². The predicted octanol–water partition coefficient (Wildman–Crippen LogP) is 2.26. The molecule has 1 aromatic carbocycles. The Labute approximate surface area is 145 Å². The van der Waals surface area contributed by atoms with Gasteiger partial charge in [0.1, 0.15) is 5.82 Å². The molecule has 132 valence electrons. The van der Waals surface area contributed by atoms with Crippen LogP contribution in [0.4, 0.5) is 10.1 Å². The molecule has 1 atom stereocenters. The van der Waals surface area contributed by atoms with Crippen molar-refractivity contribution in [2.24, 2.45) is 5.92 Å². The lowest BCUT2D eigenvalue weighted by Crippen LogP contribution is -2.43. The van der Waals surface area contributed by atoms with Gasteiger partial charge in [-0.2, -0.15) is 4.31 Å². The van der Waals surface area contributed by atoms with Crippen molar-refractivity contribution < 1.29 is 17.6 Å². The fourth-order valence-corrected chi connectivity index (χ4v) is 4.33. The van der Waals surface area contributed by atoms with Crippen molar-refractivity contribution in [3.05, 3.63) is 54.6 Å². The van der Waals surface area contributed by atoms with E-state index in [9.17, 15) is 17.6 Å². The van der Waals surface area contributed by atoms with Gasteiger partial charge in [0.25, 0.3) is 0 Å². The van der Waals surface area contributed by atoms with Gasteiger partial charge >= 0.3 is 0 Å². The van der Waals surface area contributed by atoms with E-state index in [2.05, 4.69) is 10.3 Å². The Morgan fingerprint density at radius 2 is 1.84 bits per heavy atom. The van der Waals surface area contributed by atoms with Gasteiger partial charge < -0.3 is 5.32 Å². The van der Waals surface area contributed by atoms with Crippen LogP contribution in [-0.2, 0) is 14.8 Å². The zero-order chi connectivity index (χ0) is 17.9. The van der Waals surface area contributed by atoms with Gasteiger partial charge in [-0.05, 0) is 49.2 Å². The van der Waals surface area contributed by atoms with E-state index in [-0.39, 0.29) is 17.3 Å². The molecule has 1 aromatic heterocycles. The Balaban J connectivity index is 1.72. The van der Waals surface area contributed by atoms with E-state index in [0.717, 1.165) is 12.1 Å². The summed E-state index contributed by atoms with van der Waals surface area (Å²) < 4.78 is 39.7. The van der Waals surface area contributed by atoms with E-state index in [1.54, 1.807) is 24.5 Å². The maximum Gasteiger partial charge on any atom is 0.243 e. The van der Waals surface area contributed by atoms with Crippen molar-refractivity contribution in [1.82, 2.24) is 9.29 Å². The Kier molecular flexibility index (Phi) is 5.10. The Hall–Kier alpha value is -2.32. The standard InChI is InChI=1S/C17H18FN3O3S/c18-14-3-5-16(6-4-14)25(23,24)21-11-1-2-13(12-21)17(22)20-15-7-9-19-10-8-15/h3-10,13H,1-2,11-12H2,(H,19,20,22)/t13-/m0/s1. The first kappa shape index (κ1) is 17.5. The number of benzene rings is 1. The number of halogens is 1.